The lowest BCUT2D eigenvalue weighted by molar-refractivity contribution is 0.387. The molecular weight excluding hydrogens is 315 g/mol. The van der Waals surface area contributed by atoms with Gasteiger partial charge in [-0.2, -0.15) is 4.98 Å². The SMILES string of the molecule is CCN(CC)c1nc(C)cc(Nc2cccc(P(=O)(O)O)c2)n1. The van der Waals surface area contributed by atoms with Crippen LogP contribution in [-0.4, -0.2) is 32.8 Å². The van der Waals surface area contributed by atoms with E-state index >= 15 is 0 Å². The summed E-state index contributed by atoms with van der Waals surface area (Å²) >= 11 is 0. The molecule has 0 aliphatic carbocycles. The predicted octanol–water partition coefficient (Wildman–Crippen LogP) is 2.18. The summed E-state index contributed by atoms with van der Waals surface area (Å²) < 4.78 is 11.3. The molecule has 7 nitrogen and oxygen atoms in total. The maximum Gasteiger partial charge on any atom is 0.356 e. The Hall–Kier alpha value is -1.95. The van der Waals surface area contributed by atoms with Crippen LogP contribution in [0.1, 0.15) is 19.5 Å². The van der Waals surface area contributed by atoms with Crippen LogP contribution in [0.4, 0.5) is 17.5 Å². The number of nitrogens with zero attached hydrogens (tertiary/aromatic N) is 3. The number of aromatic nitrogens is 2. The molecule has 8 heteroatoms. The minimum absolute atomic E-state index is 0.0303. The summed E-state index contributed by atoms with van der Waals surface area (Å²) in [5, 5.41) is 3.05. The van der Waals surface area contributed by atoms with Gasteiger partial charge in [0.1, 0.15) is 5.82 Å². The molecule has 23 heavy (non-hydrogen) atoms. The Morgan fingerprint density at radius 3 is 2.48 bits per heavy atom. The summed E-state index contributed by atoms with van der Waals surface area (Å²) in [6.45, 7) is 7.55. The predicted molar refractivity (Wildman–Crippen MR) is 91.7 cm³/mol. The Labute approximate surface area is 135 Å². The van der Waals surface area contributed by atoms with Crippen LogP contribution in [0.2, 0.25) is 0 Å². The standard InChI is InChI=1S/C15H21N4O3P/c1-4-19(5-2)15-16-11(3)9-14(18-15)17-12-7-6-8-13(10-12)23(20,21)22/h6-10H,4-5H2,1-3H3,(H,16,17,18)(H2,20,21,22). The first kappa shape index (κ1) is 17.4. The lowest BCUT2D eigenvalue weighted by atomic mass is 10.3. The van der Waals surface area contributed by atoms with E-state index in [0.717, 1.165) is 18.8 Å². The molecule has 0 saturated heterocycles. The van der Waals surface area contributed by atoms with Crippen LogP contribution < -0.4 is 15.5 Å². The summed E-state index contributed by atoms with van der Waals surface area (Å²) in [6.07, 6.45) is 0. The van der Waals surface area contributed by atoms with E-state index in [1.54, 1.807) is 18.2 Å². The molecule has 3 N–H and O–H groups in total. The number of rotatable bonds is 6. The van der Waals surface area contributed by atoms with Crippen molar-refractivity contribution in [2.24, 2.45) is 0 Å². The van der Waals surface area contributed by atoms with Gasteiger partial charge in [0.2, 0.25) is 5.95 Å². The number of nitrogens with one attached hydrogen (secondary N) is 1. The zero-order valence-electron chi connectivity index (χ0n) is 13.4. The van der Waals surface area contributed by atoms with E-state index in [1.807, 2.05) is 25.7 Å². The van der Waals surface area contributed by atoms with Crippen molar-refractivity contribution in [3.63, 3.8) is 0 Å². The number of benzene rings is 1. The van der Waals surface area contributed by atoms with Crippen LogP contribution in [0.5, 0.6) is 0 Å². The van der Waals surface area contributed by atoms with Crippen molar-refractivity contribution in [3.05, 3.63) is 36.0 Å². The largest absolute Gasteiger partial charge is 0.356 e. The zero-order chi connectivity index (χ0) is 17.0. The minimum Gasteiger partial charge on any atom is -0.341 e. The van der Waals surface area contributed by atoms with Gasteiger partial charge in [0, 0.05) is 30.5 Å². The first-order chi connectivity index (χ1) is 10.8. The Kier molecular flexibility index (Phi) is 5.36. The monoisotopic (exact) mass is 336 g/mol. The Morgan fingerprint density at radius 2 is 1.87 bits per heavy atom. The summed E-state index contributed by atoms with van der Waals surface area (Å²) in [5.74, 6) is 1.21. The van der Waals surface area contributed by atoms with Crippen molar-refractivity contribution in [1.82, 2.24) is 9.97 Å². The highest BCUT2D eigenvalue weighted by Crippen LogP contribution is 2.34. The molecule has 1 heterocycles. The molecule has 0 aliphatic heterocycles. The number of hydrogen-bond acceptors (Lipinski definition) is 5. The molecule has 0 aliphatic rings. The molecule has 0 fully saturated rings. The molecule has 0 bridgehead atoms. The molecule has 0 atom stereocenters. The van der Waals surface area contributed by atoms with E-state index in [0.29, 0.717) is 17.5 Å². The molecular formula is C15H21N4O3P. The van der Waals surface area contributed by atoms with Crippen molar-refractivity contribution in [2.45, 2.75) is 20.8 Å². The van der Waals surface area contributed by atoms with Crippen LogP contribution in [0.3, 0.4) is 0 Å². The molecule has 2 rings (SSSR count). The topological polar surface area (TPSA) is 98.6 Å². The minimum atomic E-state index is -4.28. The van der Waals surface area contributed by atoms with Gasteiger partial charge in [-0.05, 0) is 39.0 Å². The molecule has 0 amide bonds. The second kappa shape index (κ2) is 7.08. The molecule has 1 aromatic heterocycles. The van der Waals surface area contributed by atoms with Gasteiger partial charge in [-0.15, -0.1) is 0 Å². The van der Waals surface area contributed by atoms with Crippen molar-refractivity contribution in [2.75, 3.05) is 23.3 Å². The van der Waals surface area contributed by atoms with Crippen molar-refractivity contribution < 1.29 is 14.4 Å². The second-order valence-corrected chi connectivity index (χ2v) is 6.69. The van der Waals surface area contributed by atoms with Crippen LogP contribution in [0.15, 0.2) is 30.3 Å². The Morgan fingerprint density at radius 1 is 1.17 bits per heavy atom. The summed E-state index contributed by atoms with van der Waals surface area (Å²) in [5.41, 5.74) is 1.38. The normalized spacial score (nSPS) is 11.3. The van der Waals surface area contributed by atoms with Gasteiger partial charge in [0.05, 0.1) is 5.30 Å². The van der Waals surface area contributed by atoms with Gasteiger partial charge < -0.3 is 20.0 Å². The summed E-state index contributed by atoms with van der Waals surface area (Å²) in [7, 11) is -4.28. The molecule has 0 unspecified atom stereocenters. The smallest absolute Gasteiger partial charge is 0.341 e. The first-order valence-corrected chi connectivity index (χ1v) is 8.98. The van der Waals surface area contributed by atoms with Crippen molar-refractivity contribution in [3.8, 4) is 0 Å². The third-order valence-electron chi connectivity index (χ3n) is 3.34. The first-order valence-electron chi connectivity index (χ1n) is 7.37. The van der Waals surface area contributed by atoms with E-state index in [4.69, 9.17) is 0 Å². The van der Waals surface area contributed by atoms with Crippen LogP contribution >= 0.6 is 7.60 Å². The Balaban J connectivity index is 2.32. The summed E-state index contributed by atoms with van der Waals surface area (Å²) in [6, 6.07) is 7.94. The fourth-order valence-electron chi connectivity index (χ4n) is 2.18. The molecule has 124 valence electrons. The van der Waals surface area contributed by atoms with Crippen LogP contribution in [0, 0.1) is 6.92 Å². The fraction of sp³-hybridized carbons (Fsp3) is 0.333. The van der Waals surface area contributed by atoms with Gasteiger partial charge in [-0.25, -0.2) is 4.98 Å². The van der Waals surface area contributed by atoms with E-state index < -0.39 is 7.60 Å². The Bertz CT molecular complexity index is 728. The van der Waals surface area contributed by atoms with Gasteiger partial charge in [-0.1, -0.05) is 6.07 Å². The van der Waals surface area contributed by atoms with Crippen LogP contribution in [-0.2, 0) is 4.57 Å². The molecule has 0 spiro atoms. The average Bonchev–Trinajstić information content (AvgIpc) is 2.47. The van der Waals surface area contributed by atoms with E-state index in [9.17, 15) is 14.4 Å². The molecule has 2 aromatic rings. The quantitative estimate of drug-likeness (QED) is 0.695. The maximum atomic E-state index is 11.3. The summed E-state index contributed by atoms with van der Waals surface area (Å²) in [4.78, 5) is 29.4. The van der Waals surface area contributed by atoms with E-state index in [2.05, 4.69) is 15.3 Å². The van der Waals surface area contributed by atoms with Crippen LogP contribution in [0.25, 0.3) is 0 Å². The maximum absolute atomic E-state index is 11.3. The van der Waals surface area contributed by atoms with Crippen molar-refractivity contribution in [1.29, 1.82) is 0 Å². The molecule has 0 radical (unpaired) electrons. The number of aryl methyl sites for hydroxylation is 1. The van der Waals surface area contributed by atoms with Crippen molar-refractivity contribution >= 4 is 30.4 Å². The molecule has 0 saturated carbocycles. The van der Waals surface area contributed by atoms with Gasteiger partial charge in [0.15, 0.2) is 0 Å². The van der Waals surface area contributed by atoms with Gasteiger partial charge in [-0.3, -0.25) is 4.57 Å². The lowest BCUT2D eigenvalue weighted by Gasteiger charge is -2.19. The third kappa shape index (κ3) is 4.51. The van der Waals surface area contributed by atoms with E-state index in [1.165, 1.54) is 12.1 Å². The molecule has 1 aromatic carbocycles. The zero-order valence-corrected chi connectivity index (χ0v) is 14.3. The van der Waals surface area contributed by atoms with Gasteiger partial charge >= 0.3 is 7.60 Å². The fourth-order valence-corrected chi connectivity index (χ4v) is 2.77. The third-order valence-corrected chi connectivity index (χ3v) is 4.29. The van der Waals surface area contributed by atoms with Gasteiger partial charge in [0.25, 0.3) is 0 Å². The number of hydrogen-bond donors (Lipinski definition) is 3. The lowest BCUT2D eigenvalue weighted by Crippen LogP contribution is -2.24. The highest BCUT2D eigenvalue weighted by Gasteiger charge is 2.17. The highest BCUT2D eigenvalue weighted by atomic mass is 31.2. The highest BCUT2D eigenvalue weighted by molar-refractivity contribution is 7.60. The average molecular weight is 336 g/mol. The number of anilines is 3. The second-order valence-electron chi connectivity index (χ2n) is 5.09. The van der Waals surface area contributed by atoms with E-state index in [-0.39, 0.29) is 5.30 Å².